The molecule has 0 aromatic heterocycles. The molecule has 6 heterocycles. The molecule has 6 N–H and O–H groups in total. The summed E-state index contributed by atoms with van der Waals surface area (Å²) in [4.78, 5) is 17.8. The Hall–Kier alpha value is -3.12. The molecule has 3 saturated carbocycles. The molecule has 0 unspecified atom stereocenters. The van der Waals surface area contributed by atoms with Crippen LogP contribution >= 0.6 is 0 Å². The Morgan fingerprint density at radius 3 is 0.614 bits per heavy atom. The van der Waals surface area contributed by atoms with Gasteiger partial charge in [-0.25, -0.2) is 0 Å². The molecule has 10 nitrogen and oxygen atoms in total. The summed E-state index contributed by atoms with van der Waals surface area (Å²) in [5.74, 6) is -2.17. The Bertz CT molecular complexity index is 1300. The fraction of sp³-hybridized carbons (Fsp3) is 0.565. The van der Waals surface area contributed by atoms with E-state index in [2.05, 4.69) is 105 Å². The minimum absolute atomic E-state index is 0. The van der Waals surface area contributed by atoms with Crippen LogP contribution in [0.1, 0.15) is 124 Å². The van der Waals surface area contributed by atoms with Crippen molar-refractivity contribution in [1.82, 2.24) is 31.9 Å². The van der Waals surface area contributed by atoms with E-state index in [1.807, 2.05) is 0 Å². The van der Waals surface area contributed by atoms with E-state index in [1.54, 1.807) is 0 Å². The van der Waals surface area contributed by atoms with Crippen molar-refractivity contribution in [1.29, 1.82) is 0 Å². The smallest absolute Gasteiger partial charge is 0.550 e. The van der Waals surface area contributed by atoms with Crippen molar-refractivity contribution in [2.75, 3.05) is 0 Å². The maximum atomic E-state index is 8.89. The second-order valence-electron chi connectivity index (χ2n) is 16.2. The monoisotopic (exact) mass is 829 g/mol. The Balaban J connectivity index is 0.000000734. The Morgan fingerprint density at radius 1 is 0.368 bits per heavy atom. The number of carbonyl (C=O) groups excluding carboxylic acids is 2. The van der Waals surface area contributed by atoms with E-state index in [0.29, 0.717) is 36.3 Å². The average molecular weight is 831 g/mol. The van der Waals surface area contributed by atoms with Crippen LogP contribution < -0.4 is 42.1 Å². The van der Waals surface area contributed by atoms with E-state index in [4.69, 9.17) is 19.8 Å². The molecule has 6 bridgehead atoms. The van der Waals surface area contributed by atoms with Crippen LogP contribution in [0.25, 0.3) is 0 Å². The van der Waals surface area contributed by atoms with E-state index >= 15 is 0 Å². The topological polar surface area (TPSA) is 152 Å². The first-order valence-corrected chi connectivity index (χ1v) is 21.2. The minimum Gasteiger partial charge on any atom is -0.550 e. The number of aliphatic carboxylic acids is 2. The van der Waals surface area contributed by atoms with Crippen LogP contribution in [-0.2, 0) is 65.9 Å². The van der Waals surface area contributed by atoms with Gasteiger partial charge in [0.25, 0.3) is 0 Å². The third-order valence-electron chi connectivity index (χ3n) is 11.8. The summed E-state index contributed by atoms with van der Waals surface area (Å²) in [6, 6.07) is 31.1. The van der Waals surface area contributed by atoms with E-state index < -0.39 is 11.9 Å². The van der Waals surface area contributed by atoms with Crippen LogP contribution in [0.5, 0.6) is 0 Å². The van der Waals surface area contributed by atoms with Crippen LogP contribution in [-0.4, -0.2) is 48.2 Å². The van der Waals surface area contributed by atoms with Crippen LogP contribution in [0.3, 0.4) is 0 Å². The van der Waals surface area contributed by atoms with Crippen molar-refractivity contribution < 1.29 is 36.9 Å². The summed E-state index contributed by atoms with van der Waals surface area (Å²) >= 11 is 0. The van der Waals surface area contributed by atoms with Gasteiger partial charge in [0, 0.05) is 87.5 Å². The summed E-state index contributed by atoms with van der Waals surface area (Å²) in [5, 5.41) is 41.4. The number of hydrogen-bond acceptors (Lipinski definition) is 10. The first kappa shape index (κ1) is 46.6. The largest absolute Gasteiger partial charge is 2.00 e. The summed E-state index contributed by atoms with van der Waals surface area (Å²) < 4.78 is 0. The molecule has 57 heavy (non-hydrogen) atoms. The zero-order chi connectivity index (χ0) is 39.5. The standard InChI is InChI=1S/C42H60N6.2C2H4O2.Cu/c1-2-8-38-37(7-1)43-25-31-13-15-33(16-14-31)27-45-39-9-3-4-10-40(39)47-29-35-21-23-36(24-22-35)30-48-42-12-6-5-11-41(42)46-28-34-19-17-32(18-20-34)26-44-38;2*1-2(3)4;/h13-24,37-48H,1-12,25-30H2;2*1H3,(H,3,4);/q;;;+2/p-2/t37-,38-,39-,40-,41-,42-;;;/m0.../s1. The van der Waals surface area contributed by atoms with Crippen molar-refractivity contribution in [3.05, 3.63) is 106 Å². The first-order valence-electron chi connectivity index (χ1n) is 21.2. The van der Waals surface area contributed by atoms with Gasteiger partial charge in [0.15, 0.2) is 0 Å². The number of carbonyl (C=O) groups is 2. The Kier molecular flexibility index (Phi) is 20.7. The molecule has 1 radical (unpaired) electrons. The fourth-order valence-electron chi connectivity index (χ4n) is 8.68. The number of hydrogen-bond donors (Lipinski definition) is 6. The molecule has 11 heteroatoms. The van der Waals surface area contributed by atoms with Gasteiger partial charge in [-0.3, -0.25) is 0 Å². The molecular weight excluding hydrogens is 764 g/mol. The normalized spacial score (nSPS) is 25.9. The van der Waals surface area contributed by atoms with Gasteiger partial charge in [-0.15, -0.1) is 0 Å². The van der Waals surface area contributed by atoms with E-state index in [1.165, 1.54) is 110 Å². The summed E-state index contributed by atoms with van der Waals surface area (Å²) in [7, 11) is 0. The first-order chi connectivity index (χ1) is 27.2. The third kappa shape index (κ3) is 16.9. The van der Waals surface area contributed by atoms with E-state index in [0.717, 1.165) is 53.1 Å². The van der Waals surface area contributed by atoms with Crippen LogP contribution in [0.2, 0.25) is 0 Å². The van der Waals surface area contributed by atoms with Gasteiger partial charge in [0.2, 0.25) is 0 Å². The van der Waals surface area contributed by atoms with E-state index in [9.17, 15) is 0 Å². The molecule has 9 aliphatic rings. The molecule has 6 aliphatic heterocycles. The van der Waals surface area contributed by atoms with Gasteiger partial charge in [-0.2, -0.15) is 0 Å². The number of carboxylic acids is 2. The number of carboxylic acid groups (broad SMARTS) is 2. The molecule has 0 spiro atoms. The van der Waals surface area contributed by atoms with Gasteiger partial charge in [0.1, 0.15) is 0 Å². The Labute approximate surface area is 352 Å². The molecule has 3 aromatic carbocycles. The Morgan fingerprint density at radius 2 is 0.491 bits per heavy atom. The molecule has 3 aromatic rings. The predicted octanol–water partition coefficient (Wildman–Crippen LogP) is 4.08. The molecule has 0 saturated heterocycles. The third-order valence-corrected chi connectivity index (χ3v) is 11.8. The average Bonchev–Trinajstić information content (AvgIpc) is 3.20. The molecule has 315 valence electrons. The van der Waals surface area contributed by atoms with Gasteiger partial charge >= 0.3 is 17.1 Å². The van der Waals surface area contributed by atoms with Crippen molar-refractivity contribution in [3.63, 3.8) is 0 Å². The summed E-state index contributed by atoms with van der Waals surface area (Å²) in [5.41, 5.74) is 8.28. The summed E-state index contributed by atoms with van der Waals surface area (Å²) in [6.07, 6.45) is 15.5. The van der Waals surface area contributed by atoms with Gasteiger partial charge < -0.3 is 51.7 Å². The zero-order valence-corrected chi connectivity index (χ0v) is 35.0. The van der Waals surface area contributed by atoms with Crippen LogP contribution in [0.15, 0.2) is 72.8 Å². The maximum Gasteiger partial charge on any atom is 2.00 e. The molecular formula is C46H66CuN6O4. The zero-order valence-electron chi connectivity index (χ0n) is 34.1. The van der Waals surface area contributed by atoms with Crippen LogP contribution in [0, 0.1) is 0 Å². The van der Waals surface area contributed by atoms with Crippen molar-refractivity contribution in [2.24, 2.45) is 0 Å². The van der Waals surface area contributed by atoms with Gasteiger partial charge in [-0.05, 0) is 85.8 Å². The molecule has 6 atom stereocenters. The van der Waals surface area contributed by atoms with Gasteiger partial charge in [0.05, 0.1) is 0 Å². The fourth-order valence-corrected chi connectivity index (χ4v) is 8.68. The minimum atomic E-state index is -1.08. The predicted molar refractivity (Wildman–Crippen MR) is 220 cm³/mol. The second kappa shape index (κ2) is 25.4. The quantitative estimate of drug-likeness (QED) is 0.183. The molecule has 3 fully saturated rings. The SMILES string of the molecule is CC(=O)[O-].CC(=O)[O-].[Cu+2].c1cc2ccc1CN[C@H]1CCCC[C@@H]1NCc1ccc(cc1)CN[C@H]1CCCC[C@@H]1NCc1ccc(cc1)CN[C@H]1CCCC[C@@H]1NC2. The van der Waals surface area contributed by atoms with Crippen molar-refractivity contribution in [2.45, 2.75) is 166 Å². The molecule has 3 aliphatic carbocycles. The van der Waals surface area contributed by atoms with Crippen molar-refractivity contribution in [3.8, 4) is 0 Å². The van der Waals surface area contributed by atoms with Gasteiger partial charge in [-0.1, -0.05) is 111 Å². The second-order valence-corrected chi connectivity index (χ2v) is 16.2. The number of rotatable bonds is 0. The molecule has 12 rings (SSSR count). The number of benzene rings is 3. The van der Waals surface area contributed by atoms with Crippen LogP contribution in [0.4, 0.5) is 0 Å². The van der Waals surface area contributed by atoms with Crippen molar-refractivity contribution >= 4 is 11.9 Å². The number of nitrogens with one attached hydrogen (secondary N) is 6. The van der Waals surface area contributed by atoms with E-state index in [-0.39, 0.29) is 17.1 Å². The molecule has 0 amide bonds. The maximum absolute atomic E-state index is 8.89. The summed E-state index contributed by atoms with van der Waals surface area (Å²) in [6.45, 7) is 7.56.